The van der Waals surface area contributed by atoms with Crippen LogP contribution in [0.4, 0.5) is 18.0 Å². The normalized spacial score (nSPS) is 20.7. The summed E-state index contributed by atoms with van der Waals surface area (Å²) in [7, 11) is 0. The average molecular weight is 447 g/mol. The van der Waals surface area contributed by atoms with Gasteiger partial charge in [-0.1, -0.05) is 41.4 Å². The number of aliphatic hydroxyl groups excluding tert-OH is 1. The van der Waals surface area contributed by atoms with E-state index in [9.17, 15) is 27.9 Å². The Bertz CT molecular complexity index is 966. The van der Waals surface area contributed by atoms with Crippen LogP contribution in [-0.4, -0.2) is 28.5 Å². The summed E-state index contributed by atoms with van der Waals surface area (Å²) in [5.41, 5.74) is -1.88. The van der Waals surface area contributed by atoms with E-state index in [1.54, 1.807) is 0 Å². The maximum Gasteiger partial charge on any atom is 0.416 e. The summed E-state index contributed by atoms with van der Waals surface area (Å²) in [4.78, 5) is 26.1. The van der Waals surface area contributed by atoms with E-state index in [1.165, 1.54) is 25.1 Å². The number of rotatable bonds is 4. The number of carbonyl (C=O) groups excluding carboxylic acids is 2. The quantitative estimate of drug-likeness (QED) is 0.678. The molecule has 5 nitrogen and oxygen atoms in total. The van der Waals surface area contributed by atoms with E-state index in [4.69, 9.17) is 23.2 Å². The van der Waals surface area contributed by atoms with Crippen molar-refractivity contribution in [2.24, 2.45) is 0 Å². The Kier molecular flexibility index (Phi) is 5.55. The highest BCUT2D eigenvalue weighted by molar-refractivity contribution is 6.35. The first-order chi connectivity index (χ1) is 13.4. The van der Waals surface area contributed by atoms with Gasteiger partial charge in [-0.3, -0.25) is 9.69 Å². The number of halogens is 5. The maximum atomic E-state index is 12.9. The third-order valence-corrected chi connectivity index (χ3v) is 5.27. The molecule has 0 spiro atoms. The molecule has 0 saturated carbocycles. The van der Waals surface area contributed by atoms with Gasteiger partial charge in [0, 0.05) is 15.6 Å². The van der Waals surface area contributed by atoms with E-state index in [-0.39, 0.29) is 10.6 Å². The molecule has 2 aromatic rings. The van der Waals surface area contributed by atoms with Gasteiger partial charge in [0.1, 0.15) is 5.54 Å². The first kappa shape index (κ1) is 21.4. The summed E-state index contributed by atoms with van der Waals surface area (Å²) in [6.45, 7) is 1.03. The Morgan fingerprint density at radius 1 is 1.14 bits per heavy atom. The van der Waals surface area contributed by atoms with E-state index in [2.05, 4.69) is 5.32 Å². The van der Waals surface area contributed by atoms with Gasteiger partial charge in [0.2, 0.25) is 0 Å². The lowest BCUT2D eigenvalue weighted by Crippen LogP contribution is -2.41. The molecule has 2 aromatic carbocycles. The fraction of sp³-hybridized carbons (Fsp3) is 0.263. The smallest absolute Gasteiger partial charge is 0.387 e. The zero-order chi connectivity index (χ0) is 21.6. The van der Waals surface area contributed by atoms with Crippen LogP contribution in [-0.2, 0) is 16.5 Å². The Labute approximate surface area is 174 Å². The van der Waals surface area contributed by atoms with Gasteiger partial charge in [-0.2, -0.15) is 13.2 Å². The molecule has 0 radical (unpaired) electrons. The number of carbonyl (C=O) groups is 2. The lowest BCUT2D eigenvalue weighted by atomic mass is 9.92. The lowest BCUT2D eigenvalue weighted by Gasteiger charge is -2.24. The zero-order valence-electron chi connectivity index (χ0n) is 14.9. The molecule has 29 heavy (non-hydrogen) atoms. The van der Waals surface area contributed by atoms with Crippen LogP contribution in [0, 0.1) is 0 Å². The molecule has 2 N–H and O–H groups in total. The topological polar surface area (TPSA) is 69.6 Å². The number of benzene rings is 2. The molecule has 1 fully saturated rings. The second kappa shape index (κ2) is 7.51. The fourth-order valence-electron chi connectivity index (χ4n) is 3.11. The maximum absolute atomic E-state index is 12.9. The van der Waals surface area contributed by atoms with Crippen LogP contribution in [0.5, 0.6) is 0 Å². The lowest BCUT2D eigenvalue weighted by molar-refractivity contribution is -0.137. The van der Waals surface area contributed by atoms with Crippen LogP contribution in [0.3, 0.4) is 0 Å². The van der Waals surface area contributed by atoms with Gasteiger partial charge in [-0.25, -0.2) is 4.79 Å². The number of hydrogen-bond acceptors (Lipinski definition) is 3. The summed E-state index contributed by atoms with van der Waals surface area (Å²) in [5, 5.41) is 13.4. The molecule has 1 aliphatic heterocycles. The predicted octanol–water partition coefficient (Wildman–Crippen LogP) is 4.51. The number of nitrogens with zero attached hydrogens (tertiary/aromatic N) is 1. The van der Waals surface area contributed by atoms with Crippen LogP contribution in [0.25, 0.3) is 0 Å². The predicted molar refractivity (Wildman–Crippen MR) is 100 cm³/mol. The monoisotopic (exact) mass is 446 g/mol. The van der Waals surface area contributed by atoms with E-state index in [1.807, 2.05) is 0 Å². The molecule has 3 rings (SSSR count). The molecule has 10 heteroatoms. The zero-order valence-corrected chi connectivity index (χ0v) is 16.4. The van der Waals surface area contributed by atoms with Gasteiger partial charge >= 0.3 is 12.2 Å². The molecule has 1 saturated heterocycles. The van der Waals surface area contributed by atoms with E-state index in [0.717, 1.165) is 29.2 Å². The van der Waals surface area contributed by atoms with Crippen molar-refractivity contribution in [2.45, 2.75) is 24.7 Å². The number of amides is 3. The van der Waals surface area contributed by atoms with Gasteiger partial charge in [0.15, 0.2) is 0 Å². The van der Waals surface area contributed by atoms with Crippen LogP contribution >= 0.6 is 23.2 Å². The SMILES string of the molecule is CC1(c2ccc(Cl)cc2Cl)NC(=O)N(CC(O)c2ccc(C(F)(F)F)cc2)C1=O. The Morgan fingerprint density at radius 3 is 2.31 bits per heavy atom. The van der Waals surface area contributed by atoms with Crippen LogP contribution in [0.2, 0.25) is 10.0 Å². The number of imide groups is 1. The average Bonchev–Trinajstić information content (AvgIpc) is 2.84. The van der Waals surface area contributed by atoms with Gasteiger partial charge < -0.3 is 10.4 Å². The summed E-state index contributed by atoms with van der Waals surface area (Å²) < 4.78 is 38.0. The molecule has 2 atom stereocenters. The summed E-state index contributed by atoms with van der Waals surface area (Å²) in [6.07, 6.45) is -5.87. The van der Waals surface area contributed by atoms with E-state index < -0.39 is 41.9 Å². The molecular formula is C19H15Cl2F3N2O3. The van der Waals surface area contributed by atoms with Crippen molar-refractivity contribution in [1.82, 2.24) is 10.2 Å². The largest absolute Gasteiger partial charge is 0.416 e. The van der Waals surface area contributed by atoms with Crippen molar-refractivity contribution in [3.8, 4) is 0 Å². The van der Waals surface area contributed by atoms with Crippen molar-refractivity contribution in [3.05, 3.63) is 69.2 Å². The minimum Gasteiger partial charge on any atom is -0.387 e. The summed E-state index contributed by atoms with van der Waals surface area (Å²) in [6, 6.07) is 7.55. The van der Waals surface area contributed by atoms with Gasteiger partial charge in [0.25, 0.3) is 5.91 Å². The molecule has 1 aliphatic rings. The van der Waals surface area contributed by atoms with E-state index in [0.29, 0.717) is 10.6 Å². The molecule has 0 bridgehead atoms. The third kappa shape index (κ3) is 4.05. The van der Waals surface area contributed by atoms with E-state index >= 15 is 0 Å². The molecule has 0 aliphatic carbocycles. The van der Waals surface area contributed by atoms with Gasteiger partial charge in [-0.15, -0.1) is 0 Å². The Morgan fingerprint density at radius 2 is 1.76 bits per heavy atom. The molecule has 0 aromatic heterocycles. The van der Waals surface area contributed by atoms with Crippen LogP contribution in [0.15, 0.2) is 42.5 Å². The Hall–Kier alpha value is -2.29. The highest BCUT2D eigenvalue weighted by Gasteiger charge is 2.50. The Balaban J connectivity index is 1.81. The molecule has 2 unspecified atom stereocenters. The van der Waals surface area contributed by atoms with Crippen LogP contribution in [0.1, 0.15) is 29.7 Å². The van der Waals surface area contributed by atoms with Gasteiger partial charge in [-0.05, 0) is 36.8 Å². The molecule has 154 valence electrons. The number of nitrogens with one attached hydrogen (secondary N) is 1. The first-order valence-electron chi connectivity index (χ1n) is 8.38. The van der Waals surface area contributed by atoms with Crippen molar-refractivity contribution < 1.29 is 27.9 Å². The minimum absolute atomic E-state index is 0.136. The van der Waals surface area contributed by atoms with Crippen LogP contribution < -0.4 is 5.32 Å². The molecular weight excluding hydrogens is 432 g/mol. The highest BCUT2D eigenvalue weighted by atomic mass is 35.5. The molecule has 3 amide bonds. The van der Waals surface area contributed by atoms with Crippen molar-refractivity contribution in [3.63, 3.8) is 0 Å². The van der Waals surface area contributed by atoms with Crippen molar-refractivity contribution in [1.29, 1.82) is 0 Å². The number of β-amino-alcohol motifs (C(OH)–C–C–N with tert-alkyl or cyclic N) is 1. The second-order valence-corrected chi connectivity index (χ2v) is 7.57. The number of alkyl halides is 3. The molecule has 1 heterocycles. The number of hydrogen-bond donors (Lipinski definition) is 2. The first-order valence-corrected chi connectivity index (χ1v) is 9.14. The number of aliphatic hydroxyl groups is 1. The highest BCUT2D eigenvalue weighted by Crippen LogP contribution is 2.36. The van der Waals surface area contributed by atoms with Gasteiger partial charge in [0.05, 0.1) is 18.2 Å². The second-order valence-electron chi connectivity index (χ2n) is 6.73. The third-order valence-electron chi connectivity index (χ3n) is 4.72. The van der Waals surface area contributed by atoms with Crippen molar-refractivity contribution >= 4 is 35.1 Å². The number of urea groups is 1. The standard InChI is InChI=1S/C19H15Cl2F3N2O3/c1-18(13-7-6-12(20)8-14(13)21)16(28)26(17(29)25-18)9-15(27)10-2-4-11(5-3-10)19(22,23)24/h2-8,15,27H,9H2,1H3,(H,25,29). The fourth-order valence-corrected chi connectivity index (χ4v) is 3.71. The van der Waals surface area contributed by atoms with Crippen molar-refractivity contribution in [2.75, 3.05) is 6.54 Å². The summed E-state index contributed by atoms with van der Waals surface area (Å²) >= 11 is 12.0. The minimum atomic E-state index is -4.51. The summed E-state index contributed by atoms with van der Waals surface area (Å²) in [5.74, 6) is -0.655.